The van der Waals surface area contributed by atoms with E-state index in [1.165, 1.54) is 0 Å². The molecule has 0 saturated carbocycles. The molecule has 66 valence electrons. The van der Waals surface area contributed by atoms with Crippen LogP contribution in [0.4, 0.5) is 0 Å². The highest BCUT2D eigenvalue weighted by molar-refractivity contribution is 7.84. The molecule has 0 fully saturated rings. The van der Waals surface area contributed by atoms with Gasteiger partial charge in [-0.05, 0) is 0 Å². The molecule has 0 aromatic heterocycles. The van der Waals surface area contributed by atoms with Crippen molar-refractivity contribution in [1.29, 1.82) is 0 Å². The highest BCUT2D eigenvalue weighted by Crippen LogP contribution is 2.25. The Balaban J connectivity index is 4.35. The first-order valence-corrected chi connectivity index (χ1v) is 4.57. The normalized spacial score (nSPS) is 12.7. The minimum absolute atomic E-state index is 1.05. The third-order valence-electron chi connectivity index (χ3n) is 0.479. The van der Waals surface area contributed by atoms with E-state index in [0.29, 0.717) is 0 Å². The van der Waals surface area contributed by atoms with Crippen molar-refractivity contribution in [3.8, 4) is 0 Å². The number of nitrogens with one attached hydrogen (secondary N) is 1. The second kappa shape index (κ2) is 3.32. The standard InChI is InChI=1S/C2H2Cl3NO4S/c3-2(4,5)1(7)6-11(8,9)10/h(H,6,7)(H,8,9,10). The maximum absolute atomic E-state index is 10.4. The number of halogens is 3. The van der Waals surface area contributed by atoms with Crippen LogP contribution in [0, 0.1) is 0 Å². The summed E-state index contributed by atoms with van der Waals surface area (Å²) in [6, 6.07) is 0. The lowest BCUT2D eigenvalue weighted by Gasteiger charge is -2.07. The molecule has 9 heteroatoms. The van der Waals surface area contributed by atoms with Crippen LogP contribution >= 0.6 is 34.8 Å². The molecule has 0 saturated heterocycles. The predicted octanol–water partition coefficient (Wildman–Crippen LogP) is 0.276. The molecule has 0 aromatic rings. The number of amides is 1. The van der Waals surface area contributed by atoms with Gasteiger partial charge in [0.25, 0.3) is 9.70 Å². The second-order valence-corrected chi connectivity index (χ2v) is 4.84. The van der Waals surface area contributed by atoms with E-state index in [1.807, 2.05) is 0 Å². The molecule has 0 aromatic carbocycles. The Labute approximate surface area is 77.5 Å². The first kappa shape index (κ1) is 11.2. The first-order valence-electron chi connectivity index (χ1n) is 1.99. The van der Waals surface area contributed by atoms with E-state index in [2.05, 4.69) is 0 Å². The number of hydrogen-bond acceptors (Lipinski definition) is 3. The number of hydrogen-bond donors (Lipinski definition) is 2. The van der Waals surface area contributed by atoms with Gasteiger partial charge in [-0.1, -0.05) is 34.8 Å². The van der Waals surface area contributed by atoms with Gasteiger partial charge in [0.05, 0.1) is 0 Å². The van der Waals surface area contributed by atoms with Crippen molar-refractivity contribution in [1.82, 2.24) is 4.72 Å². The summed E-state index contributed by atoms with van der Waals surface area (Å²) in [4.78, 5) is 10.4. The van der Waals surface area contributed by atoms with E-state index in [9.17, 15) is 13.2 Å². The van der Waals surface area contributed by atoms with Crippen molar-refractivity contribution in [3.05, 3.63) is 0 Å². The minimum atomic E-state index is -4.66. The summed E-state index contributed by atoms with van der Waals surface area (Å²) in [5.74, 6) is -1.44. The monoisotopic (exact) mass is 241 g/mol. The number of carbonyl (C=O) groups excluding carboxylic acids is 1. The molecule has 0 heterocycles. The van der Waals surface area contributed by atoms with Gasteiger partial charge >= 0.3 is 10.3 Å². The molecule has 0 bridgehead atoms. The maximum Gasteiger partial charge on any atom is 0.359 e. The molecule has 11 heavy (non-hydrogen) atoms. The summed E-state index contributed by atoms with van der Waals surface area (Å²) < 4.78 is 26.5. The molecule has 0 spiro atoms. The van der Waals surface area contributed by atoms with Gasteiger partial charge in [0, 0.05) is 0 Å². The molecule has 0 rings (SSSR count). The van der Waals surface area contributed by atoms with Gasteiger partial charge in [-0.15, -0.1) is 0 Å². The van der Waals surface area contributed by atoms with Crippen LogP contribution in [0.25, 0.3) is 0 Å². The summed E-state index contributed by atoms with van der Waals surface area (Å²) in [5.41, 5.74) is 0. The highest BCUT2D eigenvalue weighted by Gasteiger charge is 2.33. The fraction of sp³-hybridized carbons (Fsp3) is 0.500. The highest BCUT2D eigenvalue weighted by atomic mass is 35.6. The SMILES string of the molecule is O=C(NS(=O)(=O)O)C(Cl)(Cl)Cl. The van der Waals surface area contributed by atoms with Crippen molar-refractivity contribution in [2.75, 3.05) is 0 Å². The van der Waals surface area contributed by atoms with E-state index >= 15 is 0 Å². The summed E-state index contributed by atoms with van der Waals surface area (Å²) in [6.45, 7) is 0. The predicted molar refractivity (Wildman–Crippen MR) is 40.0 cm³/mol. The third-order valence-corrected chi connectivity index (χ3v) is 1.44. The second-order valence-electron chi connectivity index (χ2n) is 1.40. The molecule has 0 aliphatic carbocycles. The van der Waals surface area contributed by atoms with Gasteiger partial charge < -0.3 is 0 Å². The Morgan fingerprint density at radius 3 is 1.82 bits per heavy atom. The van der Waals surface area contributed by atoms with Crippen molar-refractivity contribution < 1.29 is 17.8 Å². The fourth-order valence-corrected chi connectivity index (χ4v) is 0.872. The molecule has 5 nitrogen and oxygen atoms in total. The lowest BCUT2D eigenvalue weighted by atomic mass is 10.7. The lowest BCUT2D eigenvalue weighted by Crippen LogP contribution is -2.38. The molecule has 0 aliphatic rings. The average Bonchev–Trinajstić information content (AvgIpc) is 1.56. The first-order chi connectivity index (χ1) is 4.63. The molecule has 1 amide bonds. The third kappa shape index (κ3) is 5.51. The summed E-state index contributed by atoms with van der Waals surface area (Å²) in [7, 11) is -4.66. The molecular formula is C2H2Cl3NO4S. The van der Waals surface area contributed by atoms with E-state index < -0.39 is 20.0 Å². The van der Waals surface area contributed by atoms with Crippen molar-refractivity contribution in [2.45, 2.75) is 3.79 Å². The van der Waals surface area contributed by atoms with E-state index in [1.54, 1.807) is 0 Å². The molecule has 2 N–H and O–H groups in total. The van der Waals surface area contributed by atoms with Crippen LogP contribution in [0.5, 0.6) is 0 Å². The van der Waals surface area contributed by atoms with E-state index in [-0.39, 0.29) is 0 Å². The van der Waals surface area contributed by atoms with Crippen LogP contribution in [-0.2, 0) is 15.1 Å². The Bertz CT molecular complexity index is 253. The number of alkyl halides is 3. The molecular weight excluding hydrogens is 240 g/mol. The maximum atomic E-state index is 10.4. The van der Waals surface area contributed by atoms with Gasteiger partial charge in [0.2, 0.25) is 0 Å². The van der Waals surface area contributed by atoms with Crippen LogP contribution in [0.1, 0.15) is 0 Å². The Kier molecular flexibility index (Phi) is 3.40. The Morgan fingerprint density at radius 2 is 1.73 bits per heavy atom. The minimum Gasteiger partial charge on any atom is -0.269 e. The summed E-state index contributed by atoms with van der Waals surface area (Å²) in [6.07, 6.45) is 0. The van der Waals surface area contributed by atoms with Crippen LogP contribution in [0.2, 0.25) is 0 Å². The van der Waals surface area contributed by atoms with Crippen molar-refractivity contribution in [2.24, 2.45) is 0 Å². The van der Waals surface area contributed by atoms with Gasteiger partial charge in [-0.25, -0.2) is 4.72 Å². The zero-order valence-electron chi connectivity index (χ0n) is 4.71. The largest absolute Gasteiger partial charge is 0.359 e. The number of carbonyl (C=O) groups is 1. The zero-order valence-corrected chi connectivity index (χ0v) is 7.80. The molecule has 0 aliphatic heterocycles. The van der Waals surface area contributed by atoms with Crippen molar-refractivity contribution >= 4 is 51.0 Å². The molecule has 0 atom stereocenters. The Hall–Kier alpha value is 0.250. The zero-order chi connectivity index (χ0) is 9.28. The summed E-state index contributed by atoms with van der Waals surface area (Å²) >= 11 is 14.8. The van der Waals surface area contributed by atoms with Crippen LogP contribution in [0.3, 0.4) is 0 Å². The summed E-state index contributed by atoms with van der Waals surface area (Å²) in [5, 5.41) is 0. The van der Waals surface area contributed by atoms with E-state index in [4.69, 9.17) is 39.4 Å². The fourth-order valence-electron chi connectivity index (χ4n) is 0.175. The molecule has 0 radical (unpaired) electrons. The quantitative estimate of drug-likeness (QED) is 0.511. The molecule has 0 unspecified atom stereocenters. The Morgan fingerprint density at radius 1 is 1.36 bits per heavy atom. The van der Waals surface area contributed by atoms with Gasteiger partial charge in [-0.3, -0.25) is 9.35 Å². The van der Waals surface area contributed by atoms with E-state index in [0.717, 1.165) is 4.72 Å². The average molecular weight is 242 g/mol. The van der Waals surface area contributed by atoms with Crippen LogP contribution < -0.4 is 4.72 Å². The number of rotatable bonds is 1. The lowest BCUT2D eigenvalue weighted by molar-refractivity contribution is -0.118. The van der Waals surface area contributed by atoms with Gasteiger partial charge in [0.15, 0.2) is 0 Å². The van der Waals surface area contributed by atoms with Crippen molar-refractivity contribution in [3.63, 3.8) is 0 Å². The van der Waals surface area contributed by atoms with Crippen LogP contribution in [0.15, 0.2) is 0 Å². The van der Waals surface area contributed by atoms with Crippen LogP contribution in [-0.4, -0.2) is 22.7 Å². The van der Waals surface area contributed by atoms with Gasteiger partial charge in [0.1, 0.15) is 0 Å². The smallest absolute Gasteiger partial charge is 0.269 e. The topological polar surface area (TPSA) is 83.5 Å². The van der Waals surface area contributed by atoms with Gasteiger partial charge in [-0.2, -0.15) is 8.42 Å².